The Kier molecular flexibility index (Phi) is 4.03. The van der Waals surface area contributed by atoms with Crippen molar-refractivity contribution >= 4 is 11.7 Å². The number of alkyl halides is 2. The summed E-state index contributed by atoms with van der Waals surface area (Å²) in [5.41, 5.74) is 0.269. The Bertz CT molecular complexity index is 367. The molecule has 0 atom stereocenters. The summed E-state index contributed by atoms with van der Waals surface area (Å²) in [7, 11) is 1.57. The van der Waals surface area contributed by atoms with Gasteiger partial charge in [-0.25, -0.2) is 8.78 Å². The van der Waals surface area contributed by atoms with Crippen LogP contribution < -0.4 is 10.1 Å². The molecule has 8 heteroatoms. The highest BCUT2D eigenvalue weighted by Gasteiger charge is 2.12. The number of carboxylic acids is 1. The molecule has 0 aromatic carbocycles. The summed E-state index contributed by atoms with van der Waals surface area (Å²) in [6, 6.07) is 0. The van der Waals surface area contributed by atoms with Gasteiger partial charge in [-0.1, -0.05) is 0 Å². The van der Waals surface area contributed by atoms with Crippen LogP contribution in [0.2, 0.25) is 0 Å². The van der Waals surface area contributed by atoms with Gasteiger partial charge in [-0.05, 0) is 0 Å². The summed E-state index contributed by atoms with van der Waals surface area (Å²) < 4.78 is 29.9. The lowest BCUT2D eigenvalue weighted by Gasteiger charge is -2.05. The van der Waals surface area contributed by atoms with E-state index in [2.05, 4.69) is 10.4 Å². The third kappa shape index (κ3) is 3.71. The number of nitrogens with zero attached hydrogens (tertiary/aromatic N) is 2. The second kappa shape index (κ2) is 5.29. The molecule has 16 heavy (non-hydrogen) atoms. The van der Waals surface area contributed by atoms with E-state index in [1.807, 2.05) is 0 Å². The molecule has 0 aliphatic heterocycles. The summed E-state index contributed by atoms with van der Waals surface area (Å²) in [6.45, 7) is -1.12. The van der Waals surface area contributed by atoms with Gasteiger partial charge in [0.05, 0.1) is 6.20 Å². The van der Waals surface area contributed by atoms with E-state index < -0.39 is 19.0 Å². The molecule has 1 aromatic rings. The number of carbonyl (C=O) groups is 1. The lowest BCUT2D eigenvalue weighted by atomic mass is 10.5. The van der Waals surface area contributed by atoms with E-state index in [-0.39, 0.29) is 18.1 Å². The van der Waals surface area contributed by atoms with E-state index in [1.54, 1.807) is 7.05 Å². The number of halogens is 2. The second-order valence-electron chi connectivity index (χ2n) is 2.97. The molecule has 1 heterocycles. The van der Waals surface area contributed by atoms with Gasteiger partial charge in [0.1, 0.15) is 12.2 Å². The fraction of sp³-hybridized carbons (Fsp3) is 0.500. The van der Waals surface area contributed by atoms with Crippen molar-refractivity contribution in [1.82, 2.24) is 9.78 Å². The Hall–Kier alpha value is -1.86. The van der Waals surface area contributed by atoms with Crippen LogP contribution in [0.1, 0.15) is 0 Å². The van der Waals surface area contributed by atoms with Crippen LogP contribution in [0, 0.1) is 0 Å². The van der Waals surface area contributed by atoms with E-state index >= 15 is 0 Å². The van der Waals surface area contributed by atoms with Crippen molar-refractivity contribution in [3.05, 3.63) is 6.20 Å². The minimum Gasteiger partial charge on any atom is -0.480 e. The third-order valence-electron chi connectivity index (χ3n) is 1.57. The van der Waals surface area contributed by atoms with Crippen LogP contribution in [-0.4, -0.2) is 40.4 Å². The summed E-state index contributed by atoms with van der Waals surface area (Å²) in [5.74, 6) is -1.10. The first-order chi connectivity index (χ1) is 7.49. The molecule has 0 saturated heterocycles. The van der Waals surface area contributed by atoms with Gasteiger partial charge in [0.25, 0.3) is 12.3 Å². The van der Waals surface area contributed by atoms with Crippen molar-refractivity contribution in [2.45, 2.75) is 6.43 Å². The smallest absolute Gasteiger partial charge is 0.322 e. The van der Waals surface area contributed by atoms with Gasteiger partial charge in [-0.15, -0.1) is 5.10 Å². The average Bonchev–Trinajstić information content (AvgIpc) is 2.52. The molecule has 90 valence electrons. The standard InChI is InChI=1S/C8H11F2N3O3/c1-13-3-5(11-2-7(14)15)8(12-13)16-4-6(9)10/h3,6,11H,2,4H2,1H3,(H,14,15). The van der Waals surface area contributed by atoms with Gasteiger partial charge in [0.15, 0.2) is 6.61 Å². The minimum atomic E-state index is -2.60. The van der Waals surface area contributed by atoms with E-state index in [0.717, 1.165) is 0 Å². The number of aryl methyl sites for hydroxylation is 1. The first-order valence-electron chi connectivity index (χ1n) is 4.39. The molecular weight excluding hydrogens is 224 g/mol. The zero-order chi connectivity index (χ0) is 12.1. The maximum absolute atomic E-state index is 11.9. The molecule has 0 unspecified atom stereocenters. The van der Waals surface area contributed by atoms with Crippen LogP contribution in [0.4, 0.5) is 14.5 Å². The van der Waals surface area contributed by atoms with E-state index in [9.17, 15) is 13.6 Å². The number of rotatable bonds is 6. The maximum atomic E-state index is 11.9. The van der Waals surface area contributed by atoms with E-state index in [4.69, 9.17) is 9.84 Å². The SMILES string of the molecule is Cn1cc(NCC(=O)O)c(OCC(F)F)n1. The highest BCUT2D eigenvalue weighted by atomic mass is 19.3. The molecule has 1 aromatic heterocycles. The highest BCUT2D eigenvalue weighted by Crippen LogP contribution is 2.21. The predicted molar refractivity (Wildman–Crippen MR) is 50.8 cm³/mol. The number of anilines is 1. The van der Waals surface area contributed by atoms with Gasteiger partial charge in [0, 0.05) is 7.05 Å². The largest absolute Gasteiger partial charge is 0.480 e. The summed E-state index contributed by atoms with van der Waals surface area (Å²) >= 11 is 0. The van der Waals surface area contributed by atoms with E-state index in [1.165, 1.54) is 10.9 Å². The molecule has 0 spiro atoms. The molecule has 0 radical (unpaired) electrons. The lowest BCUT2D eigenvalue weighted by molar-refractivity contribution is -0.134. The highest BCUT2D eigenvalue weighted by molar-refractivity contribution is 5.73. The Balaban J connectivity index is 2.63. The molecule has 2 N–H and O–H groups in total. The Labute approximate surface area is 89.8 Å². The molecule has 0 fully saturated rings. The van der Waals surface area contributed by atoms with Crippen molar-refractivity contribution in [3.8, 4) is 5.88 Å². The first-order valence-corrected chi connectivity index (χ1v) is 4.39. The summed E-state index contributed by atoms with van der Waals surface area (Å²) in [4.78, 5) is 10.3. The molecule has 0 bridgehead atoms. The van der Waals surface area contributed by atoms with Crippen molar-refractivity contribution < 1.29 is 23.4 Å². The molecule has 0 amide bonds. The third-order valence-corrected chi connectivity index (χ3v) is 1.57. The van der Waals surface area contributed by atoms with Gasteiger partial charge in [-0.3, -0.25) is 9.48 Å². The van der Waals surface area contributed by atoms with Gasteiger partial charge >= 0.3 is 5.97 Å². The van der Waals surface area contributed by atoms with Crippen molar-refractivity contribution in [2.24, 2.45) is 7.05 Å². The number of ether oxygens (including phenoxy) is 1. The van der Waals surface area contributed by atoms with Crippen LogP contribution in [0.15, 0.2) is 6.20 Å². The zero-order valence-electron chi connectivity index (χ0n) is 8.48. The average molecular weight is 235 g/mol. The van der Waals surface area contributed by atoms with E-state index in [0.29, 0.717) is 0 Å². The van der Waals surface area contributed by atoms with Crippen LogP contribution in [0.25, 0.3) is 0 Å². The summed E-state index contributed by atoms with van der Waals surface area (Å²) in [6.07, 6.45) is -1.15. The number of aliphatic carboxylic acids is 1. The van der Waals surface area contributed by atoms with Crippen molar-refractivity contribution in [2.75, 3.05) is 18.5 Å². The predicted octanol–water partition coefficient (Wildman–Crippen LogP) is 0.561. The van der Waals surface area contributed by atoms with Crippen LogP contribution in [0.3, 0.4) is 0 Å². The topological polar surface area (TPSA) is 76.4 Å². The van der Waals surface area contributed by atoms with Gasteiger partial charge in [-0.2, -0.15) is 0 Å². The summed E-state index contributed by atoms with van der Waals surface area (Å²) in [5, 5.41) is 14.7. The Morgan fingerprint density at radius 3 is 3.00 bits per heavy atom. The van der Waals surface area contributed by atoms with Gasteiger partial charge in [0.2, 0.25) is 0 Å². The van der Waals surface area contributed by atoms with Crippen LogP contribution >= 0.6 is 0 Å². The molecule has 6 nitrogen and oxygen atoms in total. The number of nitrogens with one attached hydrogen (secondary N) is 1. The number of aromatic nitrogens is 2. The van der Waals surface area contributed by atoms with Crippen molar-refractivity contribution in [3.63, 3.8) is 0 Å². The van der Waals surface area contributed by atoms with Crippen LogP contribution in [0.5, 0.6) is 5.88 Å². The maximum Gasteiger partial charge on any atom is 0.322 e. The fourth-order valence-electron chi connectivity index (χ4n) is 1.01. The number of carboxylic acid groups (broad SMARTS) is 1. The zero-order valence-corrected chi connectivity index (χ0v) is 8.48. The number of hydrogen-bond acceptors (Lipinski definition) is 4. The molecular formula is C8H11F2N3O3. The monoisotopic (exact) mass is 235 g/mol. The molecule has 1 rings (SSSR count). The molecule has 0 aliphatic carbocycles. The second-order valence-corrected chi connectivity index (χ2v) is 2.97. The quantitative estimate of drug-likeness (QED) is 0.753. The normalized spacial score (nSPS) is 10.5. The first kappa shape index (κ1) is 12.2. The Morgan fingerprint density at radius 1 is 1.75 bits per heavy atom. The molecule has 0 aliphatic rings. The fourth-order valence-corrected chi connectivity index (χ4v) is 1.01. The molecule has 0 saturated carbocycles. The van der Waals surface area contributed by atoms with Crippen molar-refractivity contribution in [1.29, 1.82) is 0 Å². The van der Waals surface area contributed by atoms with Crippen LogP contribution in [-0.2, 0) is 11.8 Å². The minimum absolute atomic E-state index is 0.0379. The Morgan fingerprint density at radius 2 is 2.44 bits per heavy atom. The number of hydrogen-bond donors (Lipinski definition) is 2. The lowest BCUT2D eigenvalue weighted by Crippen LogP contribution is -2.13. The van der Waals surface area contributed by atoms with Gasteiger partial charge < -0.3 is 15.2 Å².